The molecule has 4 heteroatoms. The number of nitrogens with zero attached hydrogens (tertiary/aromatic N) is 1. The van der Waals surface area contributed by atoms with Gasteiger partial charge in [-0.05, 0) is 23.3 Å². The van der Waals surface area contributed by atoms with E-state index in [0.717, 1.165) is 0 Å². The summed E-state index contributed by atoms with van der Waals surface area (Å²) in [6, 6.07) is 3.18. The maximum Gasteiger partial charge on any atom is 0.307 e. The molecular formula is C7H6BNO2. The van der Waals surface area contributed by atoms with Crippen molar-refractivity contribution >= 4 is 19.4 Å². The molecule has 1 heterocycles. The highest BCUT2D eigenvalue weighted by molar-refractivity contribution is 6.30. The maximum atomic E-state index is 10.2. The highest BCUT2D eigenvalue weighted by atomic mass is 16.4. The number of carbonyl (C=O) groups is 1. The third-order valence-corrected chi connectivity index (χ3v) is 1.20. The summed E-state index contributed by atoms with van der Waals surface area (Å²) in [5.41, 5.74) is 1.02. The van der Waals surface area contributed by atoms with Crippen molar-refractivity contribution in [2.75, 3.05) is 0 Å². The molecule has 11 heavy (non-hydrogen) atoms. The van der Waals surface area contributed by atoms with Gasteiger partial charge in [-0.2, -0.15) is 0 Å². The van der Waals surface area contributed by atoms with Gasteiger partial charge in [-0.25, -0.2) is 0 Å². The molecule has 1 rings (SSSR count). The van der Waals surface area contributed by atoms with Crippen LogP contribution in [0.5, 0.6) is 0 Å². The summed E-state index contributed by atoms with van der Waals surface area (Å²) in [5, 5.41) is 8.40. The summed E-state index contributed by atoms with van der Waals surface area (Å²) in [5.74, 6) is -0.865. The number of carboxylic acids is 1. The normalized spacial score (nSPS) is 9.45. The molecule has 0 unspecified atom stereocenters. The van der Waals surface area contributed by atoms with Gasteiger partial charge in [0.1, 0.15) is 7.85 Å². The van der Waals surface area contributed by atoms with E-state index in [9.17, 15) is 4.79 Å². The molecule has 0 fully saturated rings. The van der Waals surface area contributed by atoms with E-state index in [0.29, 0.717) is 11.2 Å². The van der Waals surface area contributed by atoms with Gasteiger partial charge in [0.15, 0.2) is 0 Å². The average Bonchev–Trinajstić information content (AvgIpc) is 1.85. The van der Waals surface area contributed by atoms with Crippen LogP contribution in [0, 0.1) is 0 Å². The Morgan fingerprint density at radius 3 is 3.00 bits per heavy atom. The Bertz CT molecular complexity index is 275. The molecule has 0 aliphatic rings. The van der Waals surface area contributed by atoms with Gasteiger partial charge in [-0.3, -0.25) is 9.78 Å². The Kier molecular flexibility index (Phi) is 2.26. The first-order chi connectivity index (χ1) is 5.18. The van der Waals surface area contributed by atoms with Gasteiger partial charge in [-0.1, -0.05) is 0 Å². The molecule has 0 spiro atoms. The van der Waals surface area contributed by atoms with Gasteiger partial charge >= 0.3 is 5.97 Å². The predicted molar refractivity (Wildman–Crippen MR) is 41.0 cm³/mol. The predicted octanol–water partition coefficient (Wildman–Crippen LogP) is -0.498. The zero-order valence-corrected chi connectivity index (χ0v) is 5.82. The van der Waals surface area contributed by atoms with E-state index >= 15 is 0 Å². The Morgan fingerprint density at radius 1 is 1.73 bits per heavy atom. The molecule has 0 aliphatic heterocycles. The largest absolute Gasteiger partial charge is 0.481 e. The summed E-state index contributed by atoms with van der Waals surface area (Å²) in [6.45, 7) is 0. The van der Waals surface area contributed by atoms with Crippen LogP contribution in [-0.4, -0.2) is 23.9 Å². The van der Waals surface area contributed by atoms with Gasteiger partial charge in [-0.15, -0.1) is 0 Å². The third kappa shape index (κ3) is 2.41. The Labute approximate surface area is 65.5 Å². The lowest BCUT2D eigenvalue weighted by Crippen LogP contribution is -2.10. The van der Waals surface area contributed by atoms with E-state index in [4.69, 9.17) is 13.0 Å². The highest BCUT2D eigenvalue weighted by Gasteiger charge is 1.98. The van der Waals surface area contributed by atoms with Crippen molar-refractivity contribution in [2.24, 2.45) is 0 Å². The van der Waals surface area contributed by atoms with Crippen LogP contribution < -0.4 is 5.59 Å². The van der Waals surface area contributed by atoms with Crippen molar-refractivity contribution < 1.29 is 9.90 Å². The summed E-state index contributed by atoms with van der Waals surface area (Å²) in [6.07, 6.45) is 1.49. The van der Waals surface area contributed by atoms with E-state index in [-0.39, 0.29) is 6.42 Å². The fourth-order valence-electron chi connectivity index (χ4n) is 0.779. The number of rotatable bonds is 2. The van der Waals surface area contributed by atoms with E-state index in [2.05, 4.69) is 4.98 Å². The molecule has 0 saturated carbocycles. The van der Waals surface area contributed by atoms with Crippen molar-refractivity contribution in [3.8, 4) is 0 Å². The molecule has 0 bridgehead atoms. The van der Waals surface area contributed by atoms with Gasteiger partial charge in [0, 0.05) is 6.20 Å². The van der Waals surface area contributed by atoms with Crippen molar-refractivity contribution in [3.63, 3.8) is 0 Å². The minimum atomic E-state index is -0.865. The van der Waals surface area contributed by atoms with Gasteiger partial charge in [0.25, 0.3) is 0 Å². The molecular weight excluding hydrogens is 141 g/mol. The second kappa shape index (κ2) is 3.19. The molecule has 0 atom stereocenters. The van der Waals surface area contributed by atoms with Gasteiger partial charge in [0.05, 0.1) is 6.42 Å². The molecule has 1 aromatic rings. The van der Waals surface area contributed by atoms with Crippen LogP contribution in [0.15, 0.2) is 18.3 Å². The fourth-order valence-corrected chi connectivity index (χ4v) is 0.779. The summed E-state index contributed by atoms with van der Waals surface area (Å²) in [7, 11) is 5.33. The zero-order chi connectivity index (χ0) is 8.27. The topological polar surface area (TPSA) is 50.2 Å². The van der Waals surface area contributed by atoms with Crippen LogP contribution in [0.3, 0.4) is 0 Å². The second-order valence-electron chi connectivity index (χ2n) is 2.16. The van der Waals surface area contributed by atoms with Crippen molar-refractivity contribution in [1.29, 1.82) is 0 Å². The number of hydrogen-bond acceptors (Lipinski definition) is 2. The number of aromatic nitrogens is 1. The van der Waals surface area contributed by atoms with Crippen LogP contribution in [0.1, 0.15) is 5.56 Å². The number of hydrogen-bond donors (Lipinski definition) is 1. The highest BCUT2D eigenvalue weighted by Crippen LogP contribution is 1.94. The molecule has 2 radical (unpaired) electrons. The number of aliphatic carboxylic acids is 1. The quantitative estimate of drug-likeness (QED) is 0.573. The molecule has 3 nitrogen and oxygen atoms in total. The molecule has 1 N–H and O–H groups in total. The number of carboxylic acid groups (broad SMARTS) is 1. The summed E-state index contributed by atoms with van der Waals surface area (Å²) >= 11 is 0. The Morgan fingerprint density at radius 2 is 2.45 bits per heavy atom. The smallest absolute Gasteiger partial charge is 0.307 e. The summed E-state index contributed by atoms with van der Waals surface area (Å²) in [4.78, 5) is 14.0. The molecule has 1 aromatic heterocycles. The van der Waals surface area contributed by atoms with Crippen molar-refractivity contribution in [2.45, 2.75) is 6.42 Å². The molecule has 54 valence electrons. The molecule has 0 saturated heterocycles. The van der Waals surface area contributed by atoms with Crippen molar-refractivity contribution in [3.05, 3.63) is 23.9 Å². The lowest BCUT2D eigenvalue weighted by molar-refractivity contribution is -0.136. The molecule has 0 amide bonds. The van der Waals surface area contributed by atoms with E-state index < -0.39 is 5.97 Å². The monoisotopic (exact) mass is 147 g/mol. The van der Waals surface area contributed by atoms with E-state index in [1.807, 2.05) is 0 Å². The first-order valence-corrected chi connectivity index (χ1v) is 3.10. The van der Waals surface area contributed by atoms with E-state index in [1.165, 1.54) is 6.20 Å². The Balaban J connectivity index is 2.79. The van der Waals surface area contributed by atoms with Crippen LogP contribution in [0.2, 0.25) is 0 Å². The fraction of sp³-hybridized carbons (Fsp3) is 0.143. The summed E-state index contributed by atoms with van der Waals surface area (Å²) < 4.78 is 0. The Hall–Kier alpha value is -1.32. The lowest BCUT2D eigenvalue weighted by Gasteiger charge is -1.96. The van der Waals surface area contributed by atoms with Gasteiger partial charge < -0.3 is 5.11 Å². The van der Waals surface area contributed by atoms with Gasteiger partial charge in [0.2, 0.25) is 0 Å². The molecule has 0 aromatic carbocycles. The maximum absolute atomic E-state index is 10.2. The minimum absolute atomic E-state index is 0.00722. The third-order valence-electron chi connectivity index (χ3n) is 1.20. The standard InChI is InChI=1S/C7H6BNO2/c8-6-3-5(1-2-9-6)4-7(10)11/h1-3H,4H2,(H,10,11). The first-order valence-electron chi connectivity index (χ1n) is 3.10. The van der Waals surface area contributed by atoms with Crippen LogP contribution in [0.25, 0.3) is 0 Å². The second-order valence-corrected chi connectivity index (χ2v) is 2.16. The molecule has 0 aliphatic carbocycles. The average molecular weight is 147 g/mol. The SMILES string of the molecule is [B]c1cc(CC(=O)O)ccn1. The lowest BCUT2D eigenvalue weighted by atomic mass is 10.0. The van der Waals surface area contributed by atoms with Crippen LogP contribution >= 0.6 is 0 Å². The van der Waals surface area contributed by atoms with Crippen LogP contribution in [0.4, 0.5) is 0 Å². The zero-order valence-electron chi connectivity index (χ0n) is 5.82. The number of pyridine rings is 1. The van der Waals surface area contributed by atoms with Crippen LogP contribution in [-0.2, 0) is 11.2 Å². The van der Waals surface area contributed by atoms with Crippen molar-refractivity contribution in [1.82, 2.24) is 4.98 Å². The minimum Gasteiger partial charge on any atom is -0.481 e. The van der Waals surface area contributed by atoms with E-state index in [1.54, 1.807) is 12.1 Å². The first kappa shape index (κ1) is 7.79.